The second-order valence-electron chi connectivity index (χ2n) is 2.63. The van der Waals surface area contributed by atoms with Crippen molar-refractivity contribution in [3.63, 3.8) is 0 Å². The molecule has 0 aliphatic rings. The Morgan fingerprint density at radius 1 is 1.43 bits per heavy atom. The molecule has 72 valence electrons. The molecular formula is C8H8BrN5. The molecular weight excluding hydrogens is 246 g/mol. The minimum atomic E-state index is 0.587. The van der Waals surface area contributed by atoms with Crippen LogP contribution in [0.2, 0.25) is 0 Å². The van der Waals surface area contributed by atoms with E-state index in [9.17, 15) is 0 Å². The van der Waals surface area contributed by atoms with Crippen molar-refractivity contribution in [1.82, 2.24) is 20.2 Å². The summed E-state index contributed by atoms with van der Waals surface area (Å²) in [5, 5.41) is 9.62. The van der Waals surface area contributed by atoms with Gasteiger partial charge < -0.3 is 5.32 Å². The van der Waals surface area contributed by atoms with E-state index >= 15 is 0 Å². The molecule has 2 heterocycles. The van der Waals surface area contributed by atoms with E-state index in [2.05, 4.69) is 41.4 Å². The lowest BCUT2D eigenvalue weighted by atomic mass is 10.4. The summed E-state index contributed by atoms with van der Waals surface area (Å²) >= 11 is 3.29. The van der Waals surface area contributed by atoms with Gasteiger partial charge in [0, 0.05) is 0 Å². The lowest BCUT2D eigenvalue weighted by Gasteiger charge is -2.02. The fourth-order valence-corrected chi connectivity index (χ4v) is 1.34. The molecule has 0 bridgehead atoms. The number of pyridine rings is 1. The van der Waals surface area contributed by atoms with Crippen molar-refractivity contribution in [2.24, 2.45) is 0 Å². The molecule has 0 radical (unpaired) electrons. The van der Waals surface area contributed by atoms with E-state index in [1.807, 2.05) is 18.2 Å². The van der Waals surface area contributed by atoms with Crippen LogP contribution in [0.1, 0.15) is 5.82 Å². The molecule has 0 fully saturated rings. The monoisotopic (exact) mass is 253 g/mol. The third-order valence-corrected chi connectivity index (χ3v) is 2.06. The highest BCUT2D eigenvalue weighted by Crippen LogP contribution is 2.10. The number of aromatic nitrogens is 4. The van der Waals surface area contributed by atoms with Gasteiger partial charge >= 0.3 is 0 Å². The molecule has 5 nitrogen and oxygen atoms in total. The molecule has 2 N–H and O–H groups in total. The van der Waals surface area contributed by atoms with Crippen molar-refractivity contribution in [1.29, 1.82) is 0 Å². The first-order valence-electron chi connectivity index (χ1n) is 4.05. The van der Waals surface area contributed by atoms with E-state index in [0.717, 1.165) is 16.2 Å². The molecule has 0 aliphatic carbocycles. The topological polar surface area (TPSA) is 66.5 Å². The molecule has 0 unspecified atom stereocenters. The Kier molecular flexibility index (Phi) is 2.73. The summed E-state index contributed by atoms with van der Waals surface area (Å²) in [5.41, 5.74) is 0. The van der Waals surface area contributed by atoms with E-state index in [1.54, 1.807) is 0 Å². The van der Waals surface area contributed by atoms with Gasteiger partial charge in [-0.1, -0.05) is 6.07 Å². The Balaban J connectivity index is 1.98. The summed E-state index contributed by atoms with van der Waals surface area (Å²) in [6, 6.07) is 5.68. The van der Waals surface area contributed by atoms with E-state index in [0.29, 0.717) is 6.54 Å². The first-order valence-corrected chi connectivity index (χ1v) is 4.84. The highest BCUT2D eigenvalue weighted by Gasteiger charge is 1.97. The number of halogens is 1. The largest absolute Gasteiger partial charge is 0.363 e. The molecule has 2 aromatic rings. The summed E-state index contributed by atoms with van der Waals surface area (Å²) in [6.45, 7) is 0.587. The van der Waals surface area contributed by atoms with Gasteiger partial charge in [-0.2, -0.15) is 5.10 Å². The van der Waals surface area contributed by atoms with E-state index < -0.39 is 0 Å². The smallest absolute Gasteiger partial charge is 0.143 e. The lowest BCUT2D eigenvalue weighted by molar-refractivity contribution is 0.946. The van der Waals surface area contributed by atoms with Crippen molar-refractivity contribution < 1.29 is 0 Å². The predicted molar refractivity (Wildman–Crippen MR) is 55.6 cm³/mol. The molecule has 0 amide bonds. The molecule has 0 spiro atoms. The van der Waals surface area contributed by atoms with Crippen LogP contribution in [0.5, 0.6) is 0 Å². The van der Waals surface area contributed by atoms with Crippen molar-refractivity contribution in [3.05, 3.63) is 35.0 Å². The third kappa shape index (κ3) is 2.29. The van der Waals surface area contributed by atoms with Crippen LogP contribution >= 0.6 is 15.9 Å². The second-order valence-corrected chi connectivity index (χ2v) is 3.44. The molecule has 0 saturated heterocycles. The molecule has 14 heavy (non-hydrogen) atoms. The van der Waals surface area contributed by atoms with Crippen LogP contribution in [0.4, 0.5) is 5.82 Å². The maximum atomic E-state index is 4.22. The number of nitrogens with zero attached hydrogens (tertiary/aromatic N) is 3. The second kappa shape index (κ2) is 4.19. The van der Waals surface area contributed by atoms with Crippen molar-refractivity contribution >= 4 is 21.7 Å². The van der Waals surface area contributed by atoms with Crippen LogP contribution in [-0.2, 0) is 6.54 Å². The van der Waals surface area contributed by atoms with Gasteiger partial charge in [-0.3, -0.25) is 5.10 Å². The van der Waals surface area contributed by atoms with E-state index in [-0.39, 0.29) is 0 Å². The third-order valence-electron chi connectivity index (χ3n) is 1.62. The van der Waals surface area contributed by atoms with Gasteiger partial charge in [0.15, 0.2) is 0 Å². The maximum Gasteiger partial charge on any atom is 0.143 e. The van der Waals surface area contributed by atoms with Crippen LogP contribution in [0.25, 0.3) is 0 Å². The summed E-state index contributed by atoms with van der Waals surface area (Å²) in [4.78, 5) is 8.20. The zero-order valence-corrected chi connectivity index (χ0v) is 8.82. The Hall–Kier alpha value is -1.43. The maximum absolute atomic E-state index is 4.22. The number of hydrogen-bond acceptors (Lipinski definition) is 4. The number of rotatable bonds is 3. The first kappa shape index (κ1) is 9.14. The molecule has 2 aromatic heterocycles. The number of H-pyrrole nitrogens is 1. The van der Waals surface area contributed by atoms with Crippen molar-refractivity contribution in [2.45, 2.75) is 6.54 Å². The summed E-state index contributed by atoms with van der Waals surface area (Å²) < 4.78 is 0.806. The number of aromatic amines is 1. The van der Waals surface area contributed by atoms with Crippen LogP contribution in [0.15, 0.2) is 29.1 Å². The zero-order chi connectivity index (χ0) is 9.80. The standard InChI is InChI=1S/C8H8BrN5/c9-6-2-1-3-7(13-6)10-4-8-11-5-12-14-8/h1-3,5H,4H2,(H,10,13)(H,11,12,14). The van der Waals surface area contributed by atoms with Crippen molar-refractivity contribution in [2.75, 3.05) is 5.32 Å². The Morgan fingerprint density at radius 2 is 2.36 bits per heavy atom. The highest BCUT2D eigenvalue weighted by atomic mass is 79.9. The van der Waals surface area contributed by atoms with Gasteiger partial charge in [0.2, 0.25) is 0 Å². The first-order chi connectivity index (χ1) is 6.84. The molecule has 0 aliphatic heterocycles. The Bertz CT molecular complexity index is 400. The fourth-order valence-electron chi connectivity index (χ4n) is 0.997. The van der Waals surface area contributed by atoms with Crippen LogP contribution in [0, 0.1) is 0 Å². The number of hydrogen-bond donors (Lipinski definition) is 2. The predicted octanol–water partition coefficient (Wildman–Crippen LogP) is 1.57. The van der Waals surface area contributed by atoms with Crippen LogP contribution < -0.4 is 5.32 Å². The molecule has 0 atom stereocenters. The van der Waals surface area contributed by atoms with Gasteiger partial charge in [-0.25, -0.2) is 9.97 Å². The molecule has 0 saturated carbocycles. The normalized spacial score (nSPS) is 10.1. The van der Waals surface area contributed by atoms with Gasteiger partial charge in [0.25, 0.3) is 0 Å². The summed E-state index contributed by atoms with van der Waals surface area (Å²) in [7, 11) is 0. The zero-order valence-electron chi connectivity index (χ0n) is 7.24. The fraction of sp³-hybridized carbons (Fsp3) is 0.125. The molecule has 6 heteroatoms. The Morgan fingerprint density at radius 3 is 3.07 bits per heavy atom. The summed E-state index contributed by atoms with van der Waals surface area (Å²) in [6.07, 6.45) is 1.48. The number of anilines is 1. The molecule has 0 aromatic carbocycles. The minimum absolute atomic E-state index is 0.587. The quantitative estimate of drug-likeness (QED) is 0.816. The Labute approximate surface area is 89.1 Å². The van der Waals surface area contributed by atoms with Gasteiger partial charge in [-0.05, 0) is 28.1 Å². The van der Waals surface area contributed by atoms with E-state index in [1.165, 1.54) is 6.33 Å². The average Bonchev–Trinajstić information content (AvgIpc) is 2.67. The van der Waals surface area contributed by atoms with Crippen molar-refractivity contribution in [3.8, 4) is 0 Å². The average molecular weight is 254 g/mol. The molecule has 2 rings (SSSR count). The number of nitrogens with one attached hydrogen (secondary N) is 2. The van der Waals surface area contributed by atoms with Gasteiger partial charge in [0.1, 0.15) is 22.6 Å². The van der Waals surface area contributed by atoms with E-state index in [4.69, 9.17) is 0 Å². The summed E-state index contributed by atoms with van der Waals surface area (Å²) in [5.74, 6) is 1.59. The SMILES string of the molecule is Brc1cccc(NCc2ncn[nH]2)n1. The van der Waals surface area contributed by atoms with Crippen LogP contribution in [-0.4, -0.2) is 20.2 Å². The van der Waals surface area contributed by atoms with Gasteiger partial charge in [-0.15, -0.1) is 0 Å². The lowest BCUT2D eigenvalue weighted by Crippen LogP contribution is -2.02. The van der Waals surface area contributed by atoms with Gasteiger partial charge in [0.05, 0.1) is 6.54 Å². The van der Waals surface area contributed by atoms with Crippen LogP contribution in [0.3, 0.4) is 0 Å². The highest BCUT2D eigenvalue weighted by molar-refractivity contribution is 9.10. The minimum Gasteiger partial charge on any atom is -0.363 e.